The van der Waals surface area contributed by atoms with E-state index in [0.717, 1.165) is 5.56 Å². The van der Waals surface area contributed by atoms with E-state index in [-0.39, 0.29) is 18.0 Å². The number of esters is 1. The summed E-state index contributed by atoms with van der Waals surface area (Å²) in [4.78, 5) is 15.7. The summed E-state index contributed by atoms with van der Waals surface area (Å²) in [5.41, 5.74) is 7.23. The normalized spacial score (nSPS) is 10.4. The van der Waals surface area contributed by atoms with Gasteiger partial charge in [-0.15, -0.1) is 10.2 Å². The summed E-state index contributed by atoms with van der Waals surface area (Å²) >= 11 is 0. The number of ether oxygens (including phenoxy) is 1. The number of pyridine rings is 1. The van der Waals surface area contributed by atoms with Crippen LogP contribution in [0.25, 0.3) is 5.82 Å². The highest BCUT2D eigenvalue weighted by atomic mass is 16.5. The first-order chi connectivity index (χ1) is 12.2. The van der Waals surface area contributed by atoms with E-state index in [1.165, 1.54) is 10.9 Å². The second kappa shape index (κ2) is 7.39. The van der Waals surface area contributed by atoms with Crippen molar-refractivity contribution in [1.29, 1.82) is 0 Å². The highest BCUT2D eigenvalue weighted by molar-refractivity contribution is 5.94. The number of carbonyl (C=O) groups excluding carboxylic acids is 1. The molecule has 3 aromatic rings. The third-order valence-corrected chi connectivity index (χ3v) is 3.39. The smallest absolute Gasteiger partial charge is 0.343 e. The molecule has 0 bridgehead atoms. The van der Waals surface area contributed by atoms with Gasteiger partial charge < -0.3 is 15.8 Å². The Morgan fingerprint density at radius 2 is 2.04 bits per heavy atom. The number of nitrogen functional groups attached to an aromatic ring is 1. The van der Waals surface area contributed by atoms with Crippen LogP contribution in [0, 0.1) is 0 Å². The van der Waals surface area contributed by atoms with Crippen LogP contribution in [0.15, 0.2) is 42.9 Å². The number of aromatic nitrogens is 5. The molecule has 0 saturated carbocycles. The molecule has 0 unspecified atom stereocenters. The highest BCUT2D eigenvalue weighted by Gasteiger charge is 2.17. The number of anilines is 2. The van der Waals surface area contributed by atoms with Crippen molar-refractivity contribution in [3.05, 3.63) is 54.0 Å². The Bertz CT molecular complexity index is 847. The number of hydrogen-bond donors (Lipinski definition) is 2. The van der Waals surface area contributed by atoms with Crippen molar-refractivity contribution in [2.75, 3.05) is 17.7 Å². The van der Waals surface area contributed by atoms with Crippen LogP contribution in [0.3, 0.4) is 0 Å². The SMILES string of the molecule is CCOC(=O)c1cnn(-c2ccc(NCc3ccncc3)nn2)c1N. The molecule has 0 fully saturated rings. The lowest BCUT2D eigenvalue weighted by molar-refractivity contribution is 0.0527. The second-order valence-corrected chi connectivity index (χ2v) is 5.06. The van der Waals surface area contributed by atoms with Crippen LogP contribution >= 0.6 is 0 Å². The van der Waals surface area contributed by atoms with E-state index in [4.69, 9.17) is 10.5 Å². The molecule has 0 aliphatic carbocycles. The topological polar surface area (TPSA) is 121 Å². The van der Waals surface area contributed by atoms with Crippen LogP contribution < -0.4 is 11.1 Å². The zero-order valence-electron chi connectivity index (χ0n) is 13.6. The predicted molar refractivity (Wildman–Crippen MR) is 91.1 cm³/mol. The van der Waals surface area contributed by atoms with Crippen molar-refractivity contribution in [3.63, 3.8) is 0 Å². The lowest BCUT2D eigenvalue weighted by atomic mass is 10.3. The van der Waals surface area contributed by atoms with Gasteiger partial charge in [0, 0.05) is 18.9 Å². The molecule has 9 nitrogen and oxygen atoms in total. The highest BCUT2D eigenvalue weighted by Crippen LogP contribution is 2.17. The van der Waals surface area contributed by atoms with Crippen LogP contribution in [-0.4, -0.2) is 37.5 Å². The van der Waals surface area contributed by atoms with Crippen LogP contribution in [0.4, 0.5) is 11.6 Å². The molecule has 0 aromatic carbocycles. The van der Waals surface area contributed by atoms with Crippen LogP contribution in [0.5, 0.6) is 0 Å². The minimum atomic E-state index is -0.519. The standard InChI is InChI=1S/C16H17N7O2/c1-2-25-16(24)12-10-20-23(15(12)17)14-4-3-13(21-22-14)19-9-11-5-7-18-8-6-11/h3-8,10H,2,9,17H2,1H3,(H,19,21). The van der Waals surface area contributed by atoms with Crippen molar-refractivity contribution in [3.8, 4) is 5.82 Å². The van der Waals surface area contributed by atoms with Crippen LogP contribution in [0.2, 0.25) is 0 Å². The number of rotatable bonds is 6. The zero-order chi connectivity index (χ0) is 17.6. The first-order valence-corrected chi connectivity index (χ1v) is 7.66. The summed E-state index contributed by atoms with van der Waals surface area (Å²) in [5, 5.41) is 15.4. The molecular weight excluding hydrogens is 322 g/mol. The minimum Gasteiger partial charge on any atom is -0.462 e. The summed E-state index contributed by atoms with van der Waals surface area (Å²) in [5.74, 6) is 0.652. The van der Waals surface area contributed by atoms with Crippen molar-refractivity contribution in [1.82, 2.24) is 25.0 Å². The van der Waals surface area contributed by atoms with Crippen LogP contribution in [-0.2, 0) is 11.3 Å². The molecule has 3 aromatic heterocycles. The minimum absolute atomic E-state index is 0.158. The maximum absolute atomic E-state index is 11.8. The van der Waals surface area contributed by atoms with Gasteiger partial charge in [-0.3, -0.25) is 4.98 Å². The Morgan fingerprint density at radius 3 is 2.72 bits per heavy atom. The Balaban J connectivity index is 1.71. The van der Waals surface area contributed by atoms with Crippen molar-refractivity contribution in [2.45, 2.75) is 13.5 Å². The number of nitrogens with two attached hydrogens (primary N) is 1. The summed E-state index contributed by atoms with van der Waals surface area (Å²) in [7, 11) is 0. The van der Waals surface area contributed by atoms with E-state index in [1.54, 1.807) is 31.5 Å². The lowest BCUT2D eigenvalue weighted by Crippen LogP contribution is -2.10. The van der Waals surface area contributed by atoms with E-state index in [1.807, 2.05) is 12.1 Å². The van der Waals surface area contributed by atoms with Gasteiger partial charge in [-0.05, 0) is 36.8 Å². The van der Waals surface area contributed by atoms with Crippen molar-refractivity contribution in [2.24, 2.45) is 0 Å². The monoisotopic (exact) mass is 339 g/mol. The first kappa shape index (κ1) is 16.4. The molecule has 0 aliphatic heterocycles. The zero-order valence-corrected chi connectivity index (χ0v) is 13.6. The maximum atomic E-state index is 11.8. The predicted octanol–water partition coefficient (Wildman–Crippen LogP) is 1.43. The van der Waals surface area contributed by atoms with Crippen molar-refractivity contribution >= 4 is 17.6 Å². The molecular formula is C16H17N7O2. The van der Waals surface area contributed by atoms with Gasteiger partial charge in [0.2, 0.25) is 0 Å². The summed E-state index contributed by atoms with van der Waals surface area (Å²) in [6.07, 6.45) is 4.81. The number of carbonyl (C=O) groups is 1. The summed E-state index contributed by atoms with van der Waals surface area (Å²) in [6.45, 7) is 2.59. The first-order valence-electron chi connectivity index (χ1n) is 7.66. The molecule has 0 aliphatic rings. The van der Waals surface area contributed by atoms with Gasteiger partial charge in [-0.1, -0.05) is 0 Å². The molecule has 25 heavy (non-hydrogen) atoms. The molecule has 9 heteroatoms. The molecule has 0 amide bonds. The Hall–Kier alpha value is -3.49. The van der Waals surface area contributed by atoms with Gasteiger partial charge in [0.25, 0.3) is 0 Å². The van der Waals surface area contributed by atoms with E-state index in [0.29, 0.717) is 18.2 Å². The molecule has 3 heterocycles. The van der Waals surface area contributed by atoms with Crippen LogP contribution in [0.1, 0.15) is 22.8 Å². The van der Waals surface area contributed by atoms with E-state index >= 15 is 0 Å². The number of nitrogens with zero attached hydrogens (tertiary/aromatic N) is 5. The van der Waals surface area contributed by atoms with Gasteiger partial charge in [0.1, 0.15) is 17.2 Å². The largest absolute Gasteiger partial charge is 0.462 e. The summed E-state index contributed by atoms with van der Waals surface area (Å²) < 4.78 is 6.27. The molecule has 0 spiro atoms. The van der Waals surface area contributed by atoms with Gasteiger partial charge in [-0.25, -0.2) is 4.79 Å². The fourth-order valence-corrected chi connectivity index (χ4v) is 2.13. The third kappa shape index (κ3) is 3.71. The van der Waals surface area contributed by atoms with E-state index < -0.39 is 5.97 Å². The lowest BCUT2D eigenvalue weighted by Gasteiger charge is -2.07. The Morgan fingerprint density at radius 1 is 1.24 bits per heavy atom. The molecule has 0 saturated heterocycles. The van der Waals surface area contributed by atoms with Gasteiger partial charge in [-0.2, -0.15) is 9.78 Å². The average molecular weight is 339 g/mol. The Labute approximate surface area is 143 Å². The average Bonchev–Trinajstić information content (AvgIpc) is 3.03. The molecule has 0 atom stereocenters. The molecule has 3 rings (SSSR count). The van der Waals surface area contributed by atoms with Crippen molar-refractivity contribution < 1.29 is 9.53 Å². The van der Waals surface area contributed by atoms with Gasteiger partial charge >= 0.3 is 5.97 Å². The number of nitrogens with one attached hydrogen (secondary N) is 1. The molecule has 128 valence electrons. The van der Waals surface area contributed by atoms with Gasteiger partial charge in [0.15, 0.2) is 5.82 Å². The van der Waals surface area contributed by atoms with E-state index in [2.05, 4.69) is 25.6 Å². The third-order valence-electron chi connectivity index (χ3n) is 3.39. The quantitative estimate of drug-likeness (QED) is 0.647. The fraction of sp³-hybridized carbons (Fsp3) is 0.188. The molecule has 0 radical (unpaired) electrons. The van der Waals surface area contributed by atoms with E-state index in [9.17, 15) is 4.79 Å². The number of hydrogen-bond acceptors (Lipinski definition) is 8. The maximum Gasteiger partial charge on any atom is 0.343 e. The van der Waals surface area contributed by atoms with Gasteiger partial charge in [0.05, 0.1) is 12.8 Å². The molecule has 3 N–H and O–H groups in total. The Kier molecular flexibility index (Phi) is 4.84. The summed E-state index contributed by atoms with van der Waals surface area (Å²) in [6, 6.07) is 7.29. The second-order valence-electron chi connectivity index (χ2n) is 5.06. The fourth-order valence-electron chi connectivity index (χ4n) is 2.13.